The monoisotopic (exact) mass is 525 g/mol. The van der Waals surface area contributed by atoms with Crippen molar-refractivity contribution in [3.63, 3.8) is 0 Å². The van der Waals surface area contributed by atoms with Gasteiger partial charge in [0.1, 0.15) is 0 Å². The smallest absolute Gasteiger partial charge is 0.0562 e. The minimum atomic E-state index is 0.980. The molecule has 0 saturated heterocycles. The van der Waals surface area contributed by atoms with E-state index in [1.54, 1.807) is 0 Å². The van der Waals surface area contributed by atoms with Gasteiger partial charge < -0.3 is 14.0 Å². The van der Waals surface area contributed by atoms with Gasteiger partial charge in [0.2, 0.25) is 0 Å². The van der Waals surface area contributed by atoms with Crippen molar-refractivity contribution in [1.29, 1.82) is 0 Å². The zero-order valence-electron chi connectivity index (χ0n) is 22.5. The minimum absolute atomic E-state index is 0.980. The van der Waals surface area contributed by atoms with Crippen molar-refractivity contribution < 1.29 is 0 Å². The van der Waals surface area contributed by atoms with E-state index >= 15 is 0 Å². The molecule has 41 heavy (non-hydrogen) atoms. The largest absolute Gasteiger partial charge is 0.340 e. The Morgan fingerprint density at radius 3 is 1.59 bits per heavy atom. The predicted octanol–water partition coefficient (Wildman–Crippen LogP) is 9.57. The number of hydrogen-bond donors (Lipinski definition) is 0. The van der Waals surface area contributed by atoms with Gasteiger partial charge in [-0.2, -0.15) is 0 Å². The zero-order chi connectivity index (χ0) is 26.9. The van der Waals surface area contributed by atoms with Crippen LogP contribution in [0.3, 0.4) is 0 Å². The third kappa shape index (κ3) is 3.20. The summed E-state index contributed by atoms with van der Waals surface area (Å²) in [6.07, 6.45) is 1.05. The SMILES string of the molecule is c1ccc(-n2c3ccccc3c3c4c(ccc32)CCN4c2ccc(-n3c4ccccc4c4ccccc43)cc2)cc1. The van der Waals surface area contributed by atoms with Crippen LogP contribution in [0.1, 0.15) is 5.56 Å². The maximum Gasteiger partial charge on any atom is 0.0562 e. The Labute approximate surface area is 238 Å². The molecule has 1 aliphatic heterocycles. The van der Waals surface area contributed by atoms with Crippen molar-refractivity contribution in [3.8, 4) is 11.4 Å². The molecule has 194 valence electrons. The lowest BCUT2D eigenvalue weighted by atomic mass is 10.1. The van der Waals surface area contributed by atoms with E-state index in [0.29, 0.717) is 0 Å². The lowest BCUT2D eigenvalue weighted by molar-refractivity contribution is 0.998. The average molecular weight is 526 g/mol. The Morgan fingerprint density at radius 1 is 0.390 bits per heavy atom. The molecule has 0 bridgehead atoms. The molecule has 1 aliphatic rings. The highest BCUT2D eigenvalue weighted by Crippen LogP contribution is 2.45. The fourth-order valence-corrected chi connectivity index (χ4v) is 7.04. The number of benzene rings is 6. The van der Waals surface area contributed by atoms with Gasteiger partial charge in [-0.25, -0.2) is 0 Å². The molecule has 0 fully saturated rings. The van der Waals surface area contributed by atoms with Crippen LogP contribution in [0.15, 0.2) is 140 Å². The fourth-order valence-electron chi connectivity index (χ4n) is 7.04. The van der Waals surface area contributed by atoms with Crippen molar-refractivity contribution in [2.24, 2.45) is 0 Å². The van der Waals surface area contributed by atoms with Crippen LogP contribution in [-0.2, 0) is 6.42 Å². The van der Waals surface area contributed by atoms with Crippen LogP contribution in [0.4, 0.5) is 11.4 Å². The van der Waals surface area contributed by atoms with Crippen molar-refractivity contribution >= 4 is 55.0 Å². The standard InChI is InChI=1S/C38H27N3/c1-2-10-28(11-3-1)41-35-17-9-6-14-32(35)37-36(41)23-18-26-24-25-39(38(26)37)27-19-21-29(22-20-27)40-33-15-7-4-12-30(33)31-13-5-8-16-34(31)40/h1-23H,24-25H2. The fraction of sp³-hybridized carbons (Fsp3) is 0.0526. The molecule has 0 atom stereocenters. The summed E-state index contributed by atoms with van der Waals surface area (Å²) in [5, 5.41) is 5.22. The Kier molecular flexibility index (Phi) is 4.73. The number of anilines is 2. The summed E-state index contributed by atoms with van der Waals surface area (Å²) in [4.78, 5) is 2.52. The van der Waals surface area contributed by atoms with Crippen molar-refractivity contribution in [3.05, 3.63) is 145 Å². The molecular weight excluding hydrogens is 498 g/mol. The molecule has 0 unspecified atom stereocenters. The van der Waals surface area contributed by atoms with E-state index in [9.17, 15) is 0 Å². The molecule has 0 amide bonds. The first-order valence-electron chi connectivity index (χ1n) is 14.3. The van der Waals surface area contributed by atoms with Gasteiger partial charge in [0.25, 0.3) is 0 Å². The van der Waals surface area contributed by atoms with E-state index in [2.05, 4.69) is 154 Å². The quantitative estimate of drug-likeness (QED) is 0.224. The van der Waals surface area contributed by atoms with E-state index in [-0.39, 0.29) is 0 Å². The third-order valence-electron chi connectivity index (χ3n) is 8.78. The number of rotatable bonds is 3. The van der Waals surface area contributed by atoms with Gasteiger partial charge in [0.05, 0.1) is 27.8 Å². The topological polar surface area (TPSA) is 13.1 Å². The Morgan fingerprint density at radius 2 is 0.902 bits per heavy atom. The molecule has 6 aromatic carbocycles. The Balaban J connectivity index is 1.22. The first-order valence-corrected chi connectivity index (χ1v) is 14.3. The summed E-state index contributed by atoms with van der Waals surface area (Å²) in [7, 11) is 0. The van der Waals surface area contributed by atoms with Crippen LogP contribution >= 0.6 is 0 Å². The number of fused-ring (bicyclic) bond motifs is 8. The molecule has 0 spiro atoms. The van der Waals surface area contributed by atoms with E-state index in [1.807, 2.05) is 0 Å². The molecule has 0 N–H and O–H groups in total. The Hall–Kier alpha value is -5.28. The molecule has 0 aliphatic carbocycles. The van der Waals surface area contributed by atoms with Gasteiger partial charge in [0, 0.05) is 45.2 Å². The van der Waals surface area contributed by atoms with Crippen molar-refractivity contribution in [2.45, 2.75) is 6.42 Å². The number of para-hydroxylation sites is 4. The highest BCUT2D eigenvalue weighted by Gasteiger charge is 2.26. The second kappa shape index (κ2) is 8.61. The highest BCUT2D eigenvalue weighted by molar-refractivity contribution is 6.17. The van der Waals surface area contributed by atoms with Crippen LogP contribution < -0.4 is 4.90 Å². The van der Waals surface area contributed by atoms with E-state index in [4.69, 9.17) is 0 Å². The summed E-state index contributed by atoms with van der Waals surface area (Å²) in [6.45, 7) is 0.980. The molecule has 0 saturated carbocycles. The lowest BCUT2D eigenvalue weighted by Crippen LogP contribution is -2.13. The Bertz CT molecular complexity index is 2200. The van der Waals surface area contributed by atoms with Gasteiger partial charge in [-0.15, -0.1) is 0 Å². The zero-order valence-corrected chi connectivity index (χ0v) is 22.5. The first kappa shape index (κ1) is 22.5. The molecule has 3 heterocycles. The first-order chi connectivity index (χ1) is 20.4. The van der Waals surface area contributed by atoms with Crippen LogP contribution in [0.25, 0.3) is 55.0 Å². The summed E-state index contributed by atoms with van der Waals surface area (Å²) in [5.74, 6) is 0. The highest BCUT2D eigenvalue weighted by atomic mass is 15.2. The summed E-state index contributed by atoms with van der Waals surface area (Å²) in [5.41, 5.74) is 11.4. The second-order valence-corrected chi connectivity index (χ2v) is 10.9. The van der Waals surface area contributed by atoms with Gasteiger partial charge in [-0.3, -0.25) is 0 Å². The van der Waals surface area contributed by atoms with Crippen molar-refractivity contribution in [1.82, 2.24) is 9.13 Å². The summed E-state index contributed by atoms with van der Waals surface area (Å²) < 4.78 is 4.80. The average Bonchev–Trinajstić information content (AvgIpc) is 3.72. The maximum absolute atomic E-state index is 2.52. The molecular formula is C38H27N3. The third-order valence-corrected chi connectivity index (χ3v) is 8.78. The second-order valence-electron chi connectivity index (χ2n) is 10.9. The van der Waals surface area contributed by atoms with E-state index in [1.165, 1.54) is 71.9 Å². The van der Waals surface area contributed by atoms with Gasteiger partial charge in [-0.1, -0.05) is 78.9 Å². The molecule has 2 aromatic heterocycles. The van der Waals surface area contributed by atoms with Crippen LogP contribution in [-0.4, -0.2) is 15.7 Å². The van der Waals surface area contributed by atoms with Gasteiger partial charge >= 0.3 is 0 Å². The van der Waals surface area contributed by atoms with E-state index in [0.717, 1.165) is 13.0 Å². The van der Waals surface area contributed by atoms with Crippen LogP contribution in [0.2, 0.25) is 0 Å². The number of hydrogen-bond acceptors (Lipinski definition) is 1. The predicted molar refractivity (Wildman–Crippen MR) is 172 cm³/mol. The summed E-state index contributed by atoms with van der Waals surface area (Å²) in [6, 6.07) is 50.7. The van der Waals surface area contributed by atoms with Gasteiger partial charge in [-0.05, 0) is 72.6 Å². The minimum Gasteiger partial charge on any atom is -0.340 e. The van der Waals surface area contributed by atoms with Crippen molar-refractivity contribution in [2.75, 3.05) is 11.4 Å². The molecule has 0 radical (unpaired) electrons. The lowest BCUT2D eigenvalue weighted by Gasteiger charge is -2.21. The van der Waals surface area contributed by atoms with Crippen LogP contribution in [0.5, 0.6) is 0 Å². The van der Waals surface area contributed by atoms with E-state index < -0.39 is 0 Å². The number of aromatic nitrogens is 2. The van der Waals surface area contributed by atoms with Crippen LogP contribution in [0, 0.1) is 0 Å². The summed E-state index contributed by atoms with van der Waals surface area (Å²) >= 11 is 0. The molecule has 8 aromatic rings. The molecule has 3 nitrogen and oxygen atoms in total. The van der Waals surface area contributed by atoms with Gasteiger partial charge in [0.15, 0.2) is 0 Å². The molecule has 3 heteroatoms. The number of nitrogens with zero attached hydrogens (tertiary/aromatic N) is 3. The normalized spacial score (nSPS) is 13.1. The maximum atomic E-state index is 2.52. The molecule has 9 rings (SSSR count).